The van der Waals surface area contributed by atoms with Gasteiger partial charge in [0, 0.05) is 11.4 Å². The highest BCUT2D eigenvalue weighted by Crippen LogP contribution is 2.36. The number of benzene rings is 2. The molecule has 0 fully saturated rings. The molecule has 4 nitrogen and oxygen atoms in total. The van der Waals surface area contributed by atoms with Gasteiger partial charge < -0.3 is 10.6 Å². The Kier molecular flexibility index (Phi) is 6.26. The molecule has 2 aromatic carbocycles. The van der Waals surface area contributed by atoms with E-state index in [1.54, 1.807) is 12.1 Å². The van der Waals surface area contributed by atoms with Crippen molar-refractivity contribution in [1.82, 2.24) is 0 Å². The molecule has 2 N–H and O–H groups in total. The SMILES string of the molecule is CCc1ccccc1NC(=O)CC(=O)Nc1ccc(Cl)c(C(F)(F)F)c1. The largest absolute Gasteiger partial charge is 0.417 e. The number of carbonyl (C=O) groups excluding carboxylic acids is 2. The van der Waals surface area contributed by atoms with Crippen LogP contribution in [0.2, 0.25) is 5.02 Å². The van der Waals surface area contributed by atoms with Crippen molar-refractivity contribution in [1.29, 1.82) is 0 Å². The minimum Gasteiger partial charge on any atom is -0.326 e. The van der Waals surface area contributed by atoms with Crippen molar-refractivity contribution in [2.24, 2.45) is 0 Å². The van der Waals surface area contributed by atoms with Crippen molar-refractivity contribution >= 4 is 34.8 Å². The lowest BCUT2D eigenvalue weighted by molar-refractivity contribution is -0.137. The van der Waals surface area contributed by atoms with E-state index in [0.29, 0.717) is 12.1 Å². The number of anilines is 2. The van der Waals surface area contributed by atoms with Crippen molar-refractivity contribution in [2.45, 2.75) is 25.9 Å². The molecule has 0 spiro atoms. The Morgan fingerprint density at radius 1 is 1.04 bits per heavy atom. The first-order valence-electron chi connectivity index (χ1n) is 7.75. The number of carbonyl (C=O) groups is 2. The number of para-hydroxylation sites is 1. The molecule has 0 aliphatic carbocycles. The molecule has 0 aliphatic rings. The van der Waals surface area contributed by atoms with Crippen LogP contribution in [0.4, 0.5) is 24.5 Å². The van der Waals surface area contributed by atoms with Gasteiger partial charge in [-0.1, -0.05) is 36.7 Å². The molecule has 0 atom stereocenters. The van der Waals surface area contributed by atoms with Gasteiger partial charge in [-0.3, -0.25) is 9.59 Å². The minimum atomic E-state index is -4.64. The number of alkyl halides is 3. The van der Waals surface area contributed by atoms with Gasteiger partial charge in [0.15, 0.2) is 0 Å². The van der Waals surface area contributed by atoms with Gasteiger partial charge in [0.1, 0.15) is 6.42 Å². The van der Waals surface area contributed by atoms with Crippen LogP contribution < -0.4 is 10.6 Å². The van der Waals surface area contributed by atoms with Gasteiger partial charge in [-0.2, -0.15) is 13.2 Å². The minimum absolute atomic E-state index is 0.0894. The van der Waals surface area contributed by atoms with Crippen LogP contribution in [0.15, 0.2) is 42.5 Å². The molecule has 0 bridgehead atoms. The molecule has 8 heteroatoms. The lowest BCUT2D eigenvalue weighted by atomic mass is 10.1. The summed E-state index contributed by atoms with van der Waals surface area (Å²) in [6, 6.07) is 10.1. The Hall–Kier alpha value is -2.54. The van der Waals surface area contributed by atoms with E-state index in [1.807, 2.05) is 19.1 Å². The zero-order chi connectivity index (χ0) is 19.3. The number of hydrogen-bond donors (Lipinski definition) is 2. The standard InChI is InChI=1S/C18H16ClF3N2O2/c1-2-11-5-3-4-6-15(11)24-17(26)10-16(25)23-12-7-8-14(19)13(9-12)18(20,21)22/h3-9H,2,10H2,1H3,(H,23,25)(H,24,26). The number of hydrogen-bond acceptors (Lipinski definition) is 2. The maximum absolute atomic E-state index is 12.8. The van der Waals surface area contributed by atoms with Crippen molar-refractivity contribution in [3.63, 3.8) is 0 Å². The van der Waals surface area contributed by atoms with Gasteiger partial charge in [0.05, 0.1) is 10.6 Å². The lowest BCUT2D eigenvalue weighted by Crippen LogP contribution is -2.22. The fourth-order valence-electron chi connectivity index (χ4n) is 2.32. The Morgan fingerprint density at radius 2 is 1.69 bits per heavy atom. The average molecular weight is 385 g/mol. The highest BCUT2D eigenvalue weighted by molar-refractivity contribution is 6.31. The first-order chi connectivity index (χ1) is 12.2. The first-order valence-corrected chi connectivity index (χ1v) is 8.13. The second kappa shape index (κ2) is 8.23. The van der Waals surface area contributed by atoms with E-state index < -0.39 is 35.0 Å². The smallest absolute Gasteiger partial charge is 0.326 e. The summed E-state index contributed by atoms with van der Waals surface area (Å²) in [6.07, 6.45) is -4.46. The van der Waals surface area contributed by atoms with Crippen LogP contribution in [0, 0.1) is 0 Å². The van der Waals surface area contributed by atoms with Crippen molar-refractivity contribution in [3.05, 3.63) is 58.6 Å². The Morgan fingerprint density at radius 3 is 2.35 bits per heavy atom. The summed E-state index contributed by atoms with van der Waals surface area (Å²) < 4.78 is 38.5. The molecule has 0 heterocycles. The van der Waals surface area contributed by atoms with Gasteiger partial charge in [-0.05, 0) is 36.2 Å². The van der Waals surface area contributed by atoms with E-state index in [-0.39, 0.29) is 5.69 Å². The molecule has 2 rings (SSSR count). The molecule has 26 heavy (non-hydrogen) atoms. The van der Waals surface area contributed by atoms with Gasteiger partial charge >= 0.3 is 6.18 Å². The van der Waals surface area contributed by atoms with E-state index in [0.717, 1.165) is 17.7 Å². The Balaban J connectivity index is 2.01. The highest BCUT2D eigenvalue weighted by Gasteiger charge is 2.33. The average Bonchev–Trinajstić information content (AvgIpc) is 2.56. The maximum atomic E-state index is 12.8. The third-order valence-electron chi connectivity index (χ3n) is 3.55. The van der Waals surface area contributed by atoms with Crippen LogP contribution in [0.25, 0.3) is 0 Å². The third kappa shape index (κ3) is 5.23. The predicted molar refractivity (Wildman–Crippen MR) is 94.2 cm³/mol. The summed E-state index contributed by atoms with van der Waals surface area (Å²) >= 11 is 5.52. The molecule has 0 radical (unpaired) electrons. The molecule has 0 saturated heterocycles. The Labute approximate surface area is 153 Å². The van der Waals surface area contributed by atoms with E-state index in [4.69, 9.17) is 11.6 Å². The highest BCUT2D eigenvalue weighted by atomic mass is 35.5. The summed E-state index contributed by atoms with van der Waals surface area (Å²) in [5.74, 6) is -1.29. The van der Waals surface area contributed by atoms with Crippen LogP contribution in [0.1, 0.15) is 24.5 Å². The molecule has 2 amide bonds. The van der Waals surface area contributed by atoms with Gasteiger partial charge in [-0.15, -0.1) is 0 Å². The molecule has 2 aromatic rings. The normalized spacial score (nSPS) is 11.1. The quantitative estimate of drug-likeness (QED) is 0.721. The molecular weight excluding hydrogens is 369 g/mol. The number of amides is 2. The van der Waals surface area contributed by atoms with Crippen LogP contribution in [-0.2, 0) is 22.2 Å². The van der Waals surface area contributed by atoms with Crippen LogP contribution in [-0.4, -0.2) is 11.8 Å². The van der Waals surface area contributed by atoms with Crippen molar-refractivity contribution in [3.8, 4) is 0 Å². The van der Waals surface area contributed by atoms with E-state index in [9.17, 15) is 22.8 Å². The molecule has 0 aliphatic heterocycles. The maximum Gasteiger partial charge on any atom is 0.417 e. The van der Waals surface area contributed by atoms with Gasteiger partial charge in [0.25, 0.3) is 0 Å². The zero-order valence-corrected chi connectivity index (χ0v) is 14.5. The fourth-order valence-corrected chi connectivity index (χ4v) is 2.54. The second-order valence-corrected chi connectivity index (χ2v) is 5.88. The number of aryl methyl sites for hydroxylation is 1. The molecule has 0 saturated carbocycles. The summed E-state index contributed by atoms with van der Waals surface area (Å²) in [5, 5.41) is 4.42. The predicted octanol–water partition coefficient (Wildman–Crippen LogP) is 4.89. The summed E-state index contributed by atoms with van der Waals surface area (Å²) in [6.45, 7) is 1.93. The molecular formula is C18H16ClF3N2O2. The fraction of sp³-hybridized carbons (Fsp3) is 0.222. The number of halogens is 4. The molecule has 138 valence electrons. The van der Waals surface area contributed by atoms with E-state index >= 15 is 0 Å². The summed E-state index contributed by atoms with van der Waals surface area (Å²) in [7, 11) is 0. The van der Waals surface area contributed by atoms with Crippen LogP contribution in [0.5, 0.6) is 0 Å². The van der Waals surface area contributed by atoms with Crippen molar-refractivity contribution in [2.75, 3.05) is 10.6 Å². The van der Waals surface area contributed by atoms with E-state index in [1.165, 1.54) is 6.07 Å². The van der Waals surface area contributed by atoms with Gasteiger partial charge in [-0.25, -0.2) is 0 Å². The second-order valence-electron chi connectivity index (χ2n) is 5.48. The monoisotopic (exact) mass is 384 g/mol. The Bertz CT molecular complexity index is 822. The summed E-state index contributed by atoms with van der Waals surface area (Å²) in [5.41, 5.74) is 0.360. The zero-order valence-electron chi connectivity index (χ0n) is 13.8. The molecule has 0 aromatic heterocycles. The van der Waals surface area contributed by atoms with Crippen molar-refractivity contribution < 1.29 is 22.8 Å². The number of nitrogens with one attached hydrogen (secondary N) is 2. The van der Waals surface area contributed by atoms with Crippen LogP contribution in [0.3, 0.4) is 0 Å². The first kappa shape index (κ1) is 19.8. The van der Waals surface area contributed by atoms with E-state index in [2.05, 4.69) is 10.6 Å². The topological polar surface area (TPSA) is 58.2 Å². The van der Waals surface area contributed by atoms with Gasteiger partial charge in [0.2, 0.25) is 11.8 Å². The number of rotatable bonds is 5. The summed E-state index contributed by atoms with van der Waals surface area (Å²) in [4.78, 5) is 23.9. The third-order valence-corrected chi connectivity index (χ3v) is 3.88. The van der Waals surface area contributed by atoms with Crippen LogP contribution >= 0.6 is 11.6 Å². The lowest BCUT2D eigenvalue weighted by Gasteiger charge is -2.12. The molecule has 0 unspecified atom stereocenters.